The molecule has 0 aromatic heterocycles. The van der Waals surface area contributed by atoms with Crippen LogP contribution in [0.5, 0.6) is 0 Å². The van der Waals surface area contributed by atoms with Crippen LogP contribution in [0.25, 0.3) is 0 Å². The van der Waals surface area contributed by atoms with E-state index in [9.17, 15) is 29.4 Å². The topological polar surface area (TPSA) is 121 Å². The number of hydrogen-bond donors (Lipinski definition) is 2. The highest BCUT2D eigenvalue weighted by Gasteiger charge is 2.72. The highest BCUT2D eigenvalue weighted by Crippen LogP contribution is 2.75. The molecule has 10 atom stereocenters. The number of carbonyl (C=O) groups excluding carboxylic acids is 2. The van der Waals surface area contributed by atoms with E-state index in [0.717, 1.165) is 24.8 Å². The Morgan fingerprint density at radius 1 is 0.905 bits per heavy atom. The van der Waals surface area contributed by atoms with Gasteiger partial charge in [0.05, 0.1) is 12.0 Å². The molecule has 0 radical (unpaired) electrons. The first-order chi connectivity index (χ1) is 19.3. The van der Waals surface area contributed by atoms with Gasteiger partial charge in [-0.05, 0) is 125 Å². The molecular formula is C34H51NO7. The molecular weight excluding hydrogens is 534 g/mol. The minimum Gasteiger partial charge on any atom is -0.481 e. The van der Waals surface area contributed by atoms with Gasteiger partial charge in [-0.3, -0.25) is 24.1 Å². The number of carboxylic acids is 2. The van der Waals surface area contributed by atoms with Gasteiger partial charge < -0.3 is 14.9 Å². The molecule has 0 aromatic carbocycles. The van der Waals surface area contributed by atoms with Crippen molar-refractivity contribution in [3.05, 3.63) is 11.6 Å². The Balaban J connectivity index is 1.56. The van der Waals surface area contributed by atoms with Crippen molar-refractivity contribution in [3.63, 3.8) is 0 Å². The molecule has 0 saturated heterocycles. The van der Waals surface area contributed by atoms with Gasteiger partial charge in [0, 0.05) is 5.92 Å². The normalized spacial score (nSPS) is 48.2. The summed E-state index contributed by atoms with van der Waals surface area (Å²) in [7, 11) is 3.55. The Bertz CT molecular complexity index is 1240. The first-order valence-electron chi connectivity index (χ1n) is 15.9. The van der Waals surface area contributed by atoms with Crippen molar-refractivity contribution in [1.29, 1.82) is 0 Å². The molecule has 42 heavy (non-hydrogen) atoms. The number of ketones is 1. The lowest BCUT2D eigenvalue weighted by atomic mass is 9.33. The van der Waals surface area contributed by atoms with E-state index >= 15 is 0 Å². The fourth-order valence-corrected chi connectivity index (χ4v) is 11.0. The average molecular weight is 586 g/mol. The van der Waals surface area contributed by atoms with E-state index in [1.165, 1.54) is 0 Å². The zero-order valence-electron chi connectivity index (χ0n) is 26.8. The molecule has 234 valence electrons. The van der Waals surface area contributed by atoms with Gasteiger partial charge in [-0.15, -0.1) is 0 Å². The maximum atomic E-state index is 14.5. The van der Waals surface area contributed by atoms with Gasteiger partial charge in [0.2, 0.25) is 0 Å². The fraction of sp³-hybridized carbons (Fsp3) is 0.824. The zero-order chi connectivity index (χ0) is 31.3. The summed E-state index contributed by atoms with van der Waals surface area (Å²) >= 11 is 0. The van der Waals surface area contributed by atoms with Crippen LogP contribution < -0.4 is 0 Å². The zero-order valence-corrected chi connectivity index (χ0v) is 26.8. The summed E-state index contributed by atoms with van der Waals surface area (Å²) < 4.78 is 5.87. The summed E-state index contributed by atoms with van der Waals surface area (Å²) in [6.45, 7) is 12.6. The van der Waals surface area contributed by atoms with E-state index in [0.29, 0.717) is 38.5 Å². The van der Waals surface area contributed by atoms with Crippen LogP contribution in [-0.2, 0) is 23.9 Å². The van der Waals surface area contributed by atoms with Crippen molar-refractivity contribution >= 4 is 23.7 Å². The average Bonchev–Trinajstić information content (AvgIpc) is 2.87. The molecule has 8 nitrogen and oxygen atoms in total. The van der Waals surface area contributed by atoms with Gasteiger partial charge in [0.15, 0.2) is 5.78 Å². The minimum atomic E-state index is -1.31. The Morgan fingerprint density at radius 2 is 1.55 bits per heavy atom. The first-order valence-corrected chi connectivity index (χ1v) is 15.9. The van der Waals surface area contributed by atoms with Crippen LogP contribution in [0.2, 0.25) is 0 Å². The minimum absolute atomic E-state index is 0.0265. The Morgan fingerprint density at radius 3 is 2.14 bits per heavy atom. The first kappa shape index (κ1) is 31.2. The quantitative estimate of drug-likeness (QED) is 0.401. The summed E-state index contributed by atoms with van der Waals surface area (Å²) in [5.74, 6) is -2.73. The lowest BCUT2D eigenvalue weighted by molar-refractivity contribution is -0.221. The predicted molar refractivity (Wildman–Crippen MR) is 157 cm³/mol. The van der Waals surface area contributed by atoms with Crippen LogP contribution in [0.15, 0.2) is 11.6 Å². The third-order valence-electron chi connectivity index (χ3n) is 13.9. The van der Waals surface area contributed by atoms with Crippen molar-refractivity contribution in [1.82, 2.24) is 4.90 Å². The van der Waals surface area contributed by atoms with E-state index in [-0.39, 0.29) is 46.3 Å². The molecule has 2 N–H and O–H groups in total. The number of allylic oxidation sites excluding steroid dienone is 2. The molecule has 0 amide bonds. The van der Waals surface area contributed by atoms with Crippen molar-refractivity contribution in [3.8, 4) is 0 Å². The second kappa shape index (κ2) is 9.64. The van der Waals surface area contributed by atoms with Crippen LogP contribution in [-0.4, -0.2) is 65.5 Å². The number of nitrogens with zero attached hydrogens (tertiary/aromatic N) is 1. The van der Waals surface area contributed by atoms with Crippen LogP contribution in [0.1, 0.15) is 99.3 Å². The smallest absolute Gasteiger partial charge is 0.320 e. The van der Waals surface area contributed by atoms with E-state index in [4.69, 9.17) is 4.74 Å². The molecule has 4 fully saturated rings. The molecule has 5 aliphatic carbocycles. The summed E-state index contributed by atoms with van der Waals surface area (Å²) in [4.78, 5) is 54.3. The summed E-state index contributed by atoms with van der Waals surface area (Å²) in [5.41, 5.74) is -2.24. The molecule has 0 bridgehead atoms. The van der Waals surface area contributed by atoms with E-state index in [2.05, 4.69) is 27.7 Å². The third kappa shape index (κ3) is 4.09. The van der Waals surface area contributed by atoms with Gasteiger partial charge in [-0.2, -0.15) is 0 Å². The summed E-state index contributed by atoms with van der Waals surface area (Å²) in [6, 6.07) is 0. The number of carboxylic acid groups (broad SMARTS) is 2. The van der Waals surface area contributed by atoms with Crippen LogP contribution in [0, 0.1) is 50.2 Å². The number of likely N-dealkylation sites (N-methyl/N-ethyl adjacent to an activating group) is 1. The number of rotatable bonds is 5. The number of aliphatic carboxylic acids is 2. The van der Waals surface area contributed by atoms with Gasteiger partial charge >= 0.3 is 17.9 Å². The number of fused-ring (bicyclic) bond motifs is 7. The van der Waals surface area contributed by atoms with Gasteiger partial charge in [-0.25, -0.2) is 0 Å². The van der Waals surface area contributed by atoms with Gasteiger partial charge in [0.25, 0.3) is 0 Å². The lowest BCUT2D eigenvalue weighted by Gasteiger charge is -2.70. The molecule has 0 unspecified atom stereocenters. The maximum absolute atomic E-state index is 14.5. The third-order valence-corrected chi connectivity index (χ3v) is 13.9. The molecule has 5 rings (SSSR count). The van der Waals surface area contributed by atoms with Crippen molar-refractivity contribution < 1.29 is 34.1 Å². The molecule has 0 spiro atoms. The molecule has 0 aliphatic heterocycles. The Kier molecular flexibility index (Phi) is 7.16. The number of carbonyl (C=O) groups is 4. The number of hydrogen-bond acceptors (Lipinski definition) is 6. The van der Waals surface area contributed by atoms with Crippen LogP contribution >= 0.6 is 0 Å². The standard InChI is InChI=1S/C34H51NO7/c1-29-13-14-30(2,27(38)39)18-21(29)20-17-22(36)26-31(3)11-10-24(42-25(37)19-35(7)8)34(6,28(40)41)23(31)9-12-33(26,5)32(20,4)16-15-29/h17,21,23-24,26H,9-16,18-19H2,1-8H3,(H,38,39)(H,40,41)/t21-,23+,24-,26+,29+,30-,31-,32+,33+,34-/m0/s1. The second-order valence-electron chi connectivity index (χ2n) is 16.4. The van der Waals surface area contributed by atoms with E-state index in [1.54, 1.807) is 25.9 Å². The number of ether oxygens (including phenoxy) is 1. The summed E-state index contributed by atoms with van der Waals surface area (Å²) in [5, 5.41) is 20.8. The highest BCUT2D eigenvalue weighted by molar-refractivity contribution is 5.96. The largest absolute Gasteiger partial charge is 0.481 e. The number of esters is 1. The summed E-state index contributed by atoms with van der Waals surface area (Å²) in [6.07, 6.45) is 7.47. The SMILES string of the molecule is CN(C)CC(=O)O[C@H]1CC[C@@]2(C)[C@@H](CC[C@]3(C)[C@@H]2C(=O)C=C2[C@@H]4C[C@@](C)(C(=O)O)CC[C@]4(C)CC[C@]23C)[C@]1(C)C(=O)O. The molecule has 4 saturated carbocycles. The Hall–Kier alpha value is -2.22. The molecule has 8 heteroatoms. The fourth-order valence-electron chi connectivity index (χ4n) is 11.0. The monoisotopic (exact) mass is 585 g/mol. The van der Waals surface area contributed by atoms with Crippen molar-refractivity contribution in [2.75, 3.05) is 20.6 Å². The molecule has 0 heterocycles. The van der Waals surface area contributed by atoms with Gasteiger partial charge in [0.1, 0.15) is 11.5 Å². The van der Waals surface area contributed by atoms with Crippen LogP contribution in [0.3, 0.4) is 0 Å². The second-order valence-corrected chi connectivity index (χ2v) is 16.4. The molecule has 5 aliphatic rings. The van der Waals surface area contributed by atoms with E-state index < -0.39 is 40.3 Å². The lowest BCUT2D eigenvalue weighted by Crippen LogP contribution is -2.68. The van der Waals surface area contributed by atoms with Gasteiger partial charge in [-0.1, -0.05) is 33.3 Å². The van der Waals surface area contributed by atoms with Crippen molar-refractivity contribution in [2.45, 2.75) is 105 Å². The van der Waals surface area contributed by atoms with Crippen LogP contribution in [0.4, 0.5) is 0 Å². The van der Waals surface area contributed by atoms with E-state index in [1.807, 2.05) is 13.0 Å². The molecule has 0 aromatic rings. The highest BCUT2D eigenvalue weighted by atomic mass is 16.5. The van der Waals surface area contributed by atoms with Crippen molar-refractivity contribution in [2.24, 2.45) is 50.2 Å². The maximum Gasteiger partial charge on any atom is 0.320 e. The predicted octanol–water partition coefficient (Wildman–Crippen LogP) is 5.59. The Labute approximate surface area is 250 Å².